The number of sulfone groups is 1. The molecule has 3 atom stereocenters. The molecule has 2 saturated heterocycles. The molecule has 0 bridgehead atoms. The summed E-state index contributed by atoms with van der Waals surface area (Å²) in [6.45, 7) is 0. The predicted molar refractivity (Wildman–Crippen MR) is 102 cm³/mol. The first kappa shape index (κ1) is 18.6. The summed E-state index contributed by atoms with van der Waals surface area (Å²) in [5.41, 5.74) is 0.0997. The Bertz CT molecular complexity index is 1010. The smallest absolute Gasteiger partial charge is 0.325 e. The zero-order valence-corrected chi connectivity index (χ0v) is 15.8. The number of urea groups is 1. The van der Waals surface area contributed by atoms with Crippen molar-refractivity contribution in [2.24, 2.45) is 0 Å². The van der Waals surface area contributed by atoms with E-state index in [0.29, 0.717) is 5.56 Å². The first-order valence-corrected chi connectivity index (χ1v) is 10.8. The van der Waals surface area contributed by atoms with Crippen LogP contribution in [0.25, 0.3) is 0 Å². The Morgan fingerprint density at radius 2 is 1.61 bits per heavy atom. The van der Waals surface area contributed by atoms with Crippen molar-refractivity contribution in [1.82, 2.24) is 10.2 Å². The van der Waals surface area contributed by atoms with Crippen LogP contribution in [0.1, 0.15) is 11.1 Å². The highest BCUT2D eigenvalue weighted by molar-refractivity contribution is 7.91. The van der Waals surface area contributed by atoms with E-state index in [4.69, 9.17) is 0 Å². The number of aliphatic hydroxyl groups excluding tert-OH is 1. The Hall–Kier alpha value is -2.71. The topological polar surface area (TPSA) is 104 Å². The average molecular weight is 400 g/mol. The van der Waals surface area contributed by atoms with E-state index >= 15 is 0 Å². The van der Waals surface area contributed by atoms with Crippen LogP contribution in [-0.4, -0.2) is 54.0 Å². The maximum Gasteiger partial charge on any atom is 0.325 e. The molecule has 0 aromatic heterocycles. The summed E-state index contributed by atoms with van der Waals surface area (Å²) in [6, 6.07) is 16.4. The number of carbonyl (C=O) groups excluding carboxylic acids is 2. The van der Waals surface area contributed by atoms with Gasteiger partial charge in [0.15, 0.2) is 15.4 Å². The normalized spacial score (nSPS) is 29.1. The summed E-state index contributed by atoms with van der Waals surface area (Å²) in [6.07, 6.45) is -1.07. The Kier molecular flexibility index (Phi) is 4.47. The van der Waals surface area contributed by atoms with Gasteiger partial charge in [0.25, 0.3) is 5.91 Å². The summed E-state index contributed by atoms with van der Waals surface area (Å²) in [4.78, 5) is 27.2. The molecule has 3 amide bonds. The number of hydrogen-bond donors (Lipinski definition) is 2. The van der Waals surface area contributed by atoms with Crippen LogP contribution < -0.4 is 5.32 Å². The Labute approximate surface area is 162 Å². The number of hydrogen-bond acceptors (Lipinski definition) is 5. The zero-order chi connectivity index (χ0) is 19.9. The number of nitrogens with one attached hydrogen (secondary N) is 1. The molecule has 2 heterocycles. The van der Waals surface area contributed by atoms with Crippen molar-refractivity contribution in [3.05, 3.63) is 71.8 Å². The van der Waals surface area contributed by atoms with Gasteiger partial charge >= 0.3 is 6.03 Å². The van der Waals surface area contributed by atoms with E-state index in [9.17, 15) is 23.1 Å². The van der Waals surface area contributed by atoms with Gasteiger partial charge in [-0.15, -0.1) is 0 Å². The van der Waals surface area contributed by atoms with Gasteiger partial charge in [0.05, 0.1) is 23.7 Å². The lowest BCUT2D eigenvalue weighted by atomic mass is 9.83. The minimum atomic E-state index is -3.51. The van der Waals surface area contributed by atoms with Gasteiger partial charge in [-0.2, -0.15) is 0 Å². The summed E-state index contributed by atoms with van der Waals surface area (Å²) in [5, 5.41) is 13.0. The van der Waals surface area contributed by atoms with Crippen LogP contribution in [0.3, 0.4) is 0 Å². The summed E-state index contributed by atoms with van der Waals surface area (Å²) < 4.78 is 23.8. The molecular formula is C20H20N2O5S. The van der Waals surface area contributed by atoms with Crippen LogP contribution in [0.5, 0.6) is 0 Å². The molecule has 2 aliphatic heterocycles. The van der Waals surface area contributed by atoms with E-state index in [2.05, 4.69) is 5.32 Å². The molecule has 8 heteroatoms. The fourth-order valence-corrected chi connectivity index (χ4v) is 5.76. The summed E-state index contributed by atoms with van der Waals surface area (Å²) >= 11 is 0. The van der Waals surface area contributed by atoms with Crippen molar-refractivity contribution in [3.8, 4) is 0 Å². The van der Waals surface area contributed by atoms with Crippen LogP contribution in [0, 0.1) is 0 Å². The number of nitrogens with zero attached hydrogens (tertiary/aromatic N) is 1. The molecule has 0 radical (unpaired) electrons. The number of rotatable bonds is 4. The lowest BCUT2D eigenvalue weighted by molar-refractivity contribution is -0.134. The fourth-order valence-electron chi connectivity index (χ4n) is 3.99. The van der Waals surface area contributed by atoms with Gasteiger partial charge in [-0.25, -0.2) is 13.2 Å². The lowest BCUT2D eigenvalue weighted by Crippen LogP contribution is -2.49. The number of imide groups is 1. The highest BCUT2D eigenvalue weighted by Gasteiger charge is 2.57. The summed E-state index contributed by atoms with van der Waals surface area (Å²) in [5.74, 6) is -1.43. The van der Waals surface area contributed by atoms with Gasteiger partial charge in [0.1, 0.15) is 0 Å². The second kappa shape index (κ2) is 6.72. The van der Waals surface area contributed by atoms with Crippen molar-refractivity contribution < 1.29 is 23.1 Å². The Morgan fingerprint density at radius 3 is 2.18 bits per heavy atom. The molecule has 4 rings (SSSR count). The minimum absolute atomic E-state index is 0.217. The van der Waals surface area contributed by atoms with Gasteiger partial charge in [0, 0.05) is 6.42 Å². The fraction of sp³-hybridized carbons (Fsp3) is 0.300. The van der Waals surface area contributed by atoms with Gasteiger partial charge in [-0.05, 0) is 11.1 Å². The second-order valence-electron chi connectivity index (χ2n) is 7.25. The maximum absolute atomic E-state index is 13.5. The monoisotopic (exact) mass is 400 g/mol. The molecular weight excluding hydrogens is 380 g/mol. The van der Waals surface area contributed by atoms with E-state index in [0.717, 1.165) is 10.5 Å². The van der Waals surface area contributed by atoms with Crippen LogP contribution in [0.4, 0.5) is 4.79 Å². The van der Waals surface area contributed by atoms with Crippen LogP contribution in [0.15, 0.2) is 60.7 Å². The first-order valence-electron chi connectivity index (χ1n) is 8.96. The molecule has 7 nitrogen and oxygen atoms in total. The summed E-state index contributed by atoms with van der Waals surface area (Å²) in [7, 11) is -3.51. The lowest BCUT2D eigenvalue weighted by Gasteiger charge is -2.29. The average Bonchev–Trinajstić information content (AvgIpc) is 3.08. The molecule has 28 heavy (non-hydrogen) atoms. The zero-order valence-electron chi connectivity index (χ0n) is 15.0. The molecule has 2 aromatic carbocycles. The van der Waals surface area contributed by atoms with E-state index in [1.165, 1.54) is 0 Å². The largest absolute Gasteiger partial charge is 0.390 e. The number of carbonyl (C=O) groups is 2. The first-order chi connectivity index (χ1) is 13.3. The molecule has 0 unspecified atom stereocenters. The van der Waals surface area contributed by atoms with Crippen molar-refractivity contribution in [2.75, 3.05) is 11.5 Å². The van der Waals surface area contributed by atoms with Crippen molar-refractivity contribution >= 4 is 21.8 Å². The molecule has 0 saturated carbocycles. The third kappa shape index (κ3) is 3.08. The minimum Gasteiger partial charge on any atom is -0.390 e. The predicted octanol–water partition coefficient (Wildman–Crippen LogP) is 0.834. The van der Waals surface area contributed by atoms with E-state index in [1.54, 1.807) is 24.3 Å². The molecule has 0 spiro atoms. The van der Waals surface area contributed by atoms with E-state index in [1.807, 2.05) is 36.4 Å². The van der Waals surface area contributed by atoms with Crippen molar-refractivity contribution in [3.63, 3.8) is 0 Å². The standard InChI is InChI=1S/C20H20N2O5S/c23-17-13-28(26,27)12-16(17)22-18(24)20(21-19(22)25,15-9-5-2-6-10-15)11-14-7-3-1-4-8-14/h1-10,16-17,23H,11-13H2,(H,21,25)/t16-,17+,20-/m1/s1. The Morgan fingerprint density at radius 1 is 1.00 bits per heavy atom. The molecule has 2 fully saturated rings. The number of aliphatic hydroxyl groups is 1. The van der Waals surface area contributed by atoms with Gasteiger partial charge < -0.3 is 10.4 Å². The Balaban J connectivity index is 1.77. The molecule has 0 aliphatic carbocycles. The molecule has 146 valence electrons. The third-order valence-electron chi connectivity index (χ3n) is 5.33. The van der Waals surface area contributed by atoms with Crippen molar-refractivity contribution in [2.45, 2.75) is 24.1 Å². The second-order valence-corrected chi connectivity index (χ2v) is 9.40. The highest BCUT2D eigenvalue weighted by Crippen LogP contribution is 2.35. The maximum atomic E-state index is 13.5. The van der Waals surface area contributed by atoms with E-state index < -0.39 is 51.0 Å². The van der Waals surface area contributed by atoms with Crippen molar-refractivity contribution in [1.29, 1.82) is 0 Å². The molecule has 2 aromatic rings. The number of benzene rings is 2. The van der Waals surface area contributed by atoms with Gasteiger partial charge in [0.2, 0.25) is 0 Å². The number of amides is 3. The quantitative estimate of drug-likeness (QED) is 0.740. The van der Waals surface area contributed by atoms with Crippen LogP contribution >= 0.6 is 0 Å². The SMILES string of the molecule is O=C1N[C@](Cc2ccccc2)(c2ccccc2)C(=O)N1[C@@H]1CS(=O)(=O)C[C@@H]1O. The van der Waals surface area contributed by atoms with Crippen LogP contribution in [0.2, 0.25) is 0 Å². The molecule has 2 aliphatic rings. The van der Waals surface area contributed by atoms with Gasteiger partial charge in [-0.1, -0.05) is 60.7 Å². The van der Waals surface area contributed by atoms with E-state index in [-0.39, 0.29) is 6.42 Å². The van der Waals surface area contributed by atoms with Gasteiger partial charge in [-0.3, -0.25) is 9.69 Å². The highest BCUT2D eigenvalue weighted by atomic mass is 32.2. The molecule has 2 N–H and O–H groups in total. The van der Waals surface area contributed by atoms with Crippen LogP contribution in [-0.2, 0) is 26.6 Å². The third-order valence-corrected chi connectivity index (χ3v) is 7.03.